The lowest BCUT2D eigenvalue weighted by atomic mass is 10.1. The molecule has 1 aliphatic heterocycles. The minimum Gasteiger partial charge on any atom is -0.496 e. The number of amides is 2. The van der Waals surface area contributed by atoms with E-state index in [2.05, 4.69) is 28.3 Å². The third-order valence-corrected chi connectivity index (χ3v) is 5.17. The summed E-state index contributed by atoms with van der Waals surface area (Å²) < 4.78 is 7.26. The number of rotatable bonds is 6. The van der Waals surface area contributed by atoms with Crippen LogP contribution in [0.4, 0.5) is 4.79 Å². The molecule has 2 heterocycles. The van der Waals surface area contributed by atoms with Crippen LogP contribution in [-0.2, 0) is 13.6 Å². The van der Waals surface area contributed by atoms with Gasteiger partial charge < -0.3 is 15.0 Å². The number of para-hydroxylation sites is 1. The molecule has 7 nitrogen and oxygen atoms in total. The number of piperazine rings is 1. The van der Waals surface area contributed by atoms with Gasteiger partial charge in [-0.05, 0) is 18.6 Å². The summed E-state index contributed by atoms with van der Waals surface area (Å²) in [5.74, 6) is 0.916. The molecule has 7 heteroatoms. The maximum absolute atomic E-state index is 12.7. The molecule has 1 aliphatic rings. The standard InChI is InChI=1S/C20H29N5O2/c1-4-17(18-9-10-21-23(18)2)22-20(26)25-13-11-24(12-14-25)15-16-7-5-6-8-19(16)27-3/h5-10,17H,4,11-15H2,1-3H3,(H,22,26). The lowest BCUT2D eigenvalue weighted by Crippen LogP contribution is -2.52. The Morgan fingerprint density at radius 3 is 2.59 bits per heavy atom. The smallest absolute Gasteiger partial charge is 0.318 e. The highest BCUT2D eigenvalue weighted by Gasteiger charge is 2.24. The van der Waals surface area contributed by atoms with Gasteiger partial charge in [0, 0.05) is 51.5 Å². The van der Waals surface area contributed by atoms with E-state index in [4.69, 9.17) is 4.74 Å². The molecule has 3 rings (SSSR count). The Balaban J connectivity index is 1.52. The molecule has 1 aromatic carbocycles. The van der Waals surface area contributed by atoms with E-state index >= 15 is 0 Å². The van der Waals surface area contributed by atoms with E-state index < -0.39 is 0 Å². The number of ether oxygens (including phenoxy) is 1. The molecule has 27 heavy (non-hydrogen) atoms. The molecule has 2 amide bonds. The van der Waals surface area contributed by atoms with Crippen molar-refractivity contribution in [3.63, 3.8) is 0 Å². The molecule has 1 atom stereocenters. The Kier molecular flexibility index (Phi) is 6.34. The highest BCUT2D eigenvalue weighted by molar-refractivity contribution is 5.74. The molecule has 1 fully saturated rings. The summed E-state index contributed by atoms with van der Waals surface area (Å²) in [6, 6.07) is 10.0. The van der Waals surface area contributed by atoms with Gasteiger partial charge in [0.25, 0.3) is 0 Å². The Bertz CT molecular complexity index is 752. The Hall–Kier alpha value is -2.54. The lowest BCUT2D eigenvalue weighted by Gasteiger charge is -2.35. The number of nitrogens with zero attached hydrogens (tertiary/aromatic N) is 4. The van der Waals surface area contributed by atoms with Crippen molar-refractivity contribution in [3.8, 4) is 5.75 Å². The van der Waals surface area contributed by atoms with Crippen LogP contribution < -0.4 is 10.1 Å². The molecule has 0 spiro atoms. The first-order valence-electron chi connectivity index (χ1n) is 9.50. The number of hydrogen-bond donors (Lipinski definition) is 1. The zero-order chi connectivity index (χ0) is 19.2. The van der Waals surface area contributed by atoms with Crippen LogP contribution >= 0.6 is 0 Å². The van der Waals surface area contributed by atoms with E-state index in [-0.39, 0.29) is 12.1 Å². The highest BCUT2D eigenvalue weighted by Crippen LogP contribution is 2.20. The summed E-state index contributed by atoms with van der Waals surface area (Å²) in [5.41, 5.74) is 2.21. The molecular weight excluding hydrogens is 342 g/mol. The molecule has 0 aliphatic carbocycles. The van der Waals surface area contributed by atoms with Gasteiger partial charge in [0.05, 0.1) is 18.8 Å². The number of carbonyl (C=O) groups excluding carboxylic acids is 1. The molecule has 1 N–H and O–H groups in total. The van der Waals surface area contributed by atoms with Gasteiger partial charge in [0.1, 0.15) is 5.75 Å². The third-order valence-electron chi connectivity index (χ3n) is 5.17. The van der Waals surface area contributed by atoms with Crippen LogP contribution in [0.2, 0.25) is 0 Å². The van der Waals surface area contributed by atoms with Gasteiger partial charge in [-0.2, -0.15) is 5.10 Å². The molecule has 146 valence electrons. The average Bonchev–Trinajstić information content (AvgIpc) is 3.12. The topological polar surface area (TPSA) is 62.6 Å². The van der Waals surface area contributed by atoms with Gasteiger partial charge in [-0.3, -0.25) is 9.58 Å². The maximum Gasteiger partial charge on any atom is 0.318 e. The maximum atomic E-state index is 12.7. The summed E-state index contributed by atoms with van der Waals surface area (Å²) >= 11 is 0. The van der Waals surface area contributed by atoms with Crippen LogP contribution in [0.3, 0.4) is 0 Å². The monoisotopic (exact) mass is 371 g/mol. The molecule has 2 aromatic rings. The van der Waals surface area contributed by atoms with Crippen LogP contribution in [0.25, 0.3) is 0 Å². The minimum absolute atomic E-state index is 0.00000772. The zero-order valence-electron chi connectivity index (χ0n) is 16.4. The second-order valence-corrected chi connectivity index (χ2v) is 6.87. The molecule has 0 radical (unpaired) electrons. The quantitative estimate of drug-likeness (QED) is 0.847. The van der Waals surface area contributed by atoms with Gasteiger partial charge in [-0.1, -0.05) is 25.1 Å². The first-order chi connectivity index (χ1) is 13.1. The number of carbonyl (C=O) groups is 1. The fourth-order valence-electron chi connectivity index (χ4n) is 3.53. The number of benzene rings is 1. The zero-order valence-corrected chi connectivity index (χ0v) is 16.4. The molecular formula is C20H29N5O2. The predicted octanol–water partition coefficient (Wildman–Crippen LogP) is 2.41. The largest absolute Gasteiger partial charge is 0.496 e. The Morgan fingerprint density at radius 1 is 1.22 bits per heavy atom. The van der Waals surface area contributed by atoms with Crippen LogP contribution in [-0.4, -0.2) is 58.9 Å². The second-order valence-electron chi connectivity index (χ2n) is 6.87. The van der Waals surface area contributed by atoms with Crippen molar-refractivity contribution in [2.45, 2.75) is 25.9 Å². The molecule has 1 unspecified atom stereocenters. The number of urea groups is 1. The van der Waals surface area contributed by atoms with Gasteiger partial charge in [0.2, 0.25) is 0 Å². The van der Waals surface area contributed by atoms with E-state index in [1.807, 2.05) is 40.9 Å². The summed E-state index contributed by atoms with van der Waals surface area (Å²) in [6.45, 7) is 6.07. The molecule has 1 saturated heterocycles. The van der Waals surface area contributed by atoms with Crippen molar-refractivity contribution in [1.82, 2.24) is 24.9 Å². The van der Waals surface area contributed by atoms with E-state index in [1.165, 1.54) is 5.56 Å². The van der Waals surface area contributed by atoms with E-state index in [0.29, 0.717) is 0 Å². The lowest BCUT2D eigenvalue weighted by molar-refractivity contribution is 0.132. The molecule has 0 bridgehead atoms. The van der Waals surface area contributed by atoms with Crippen molar-refractivity contribution in [2.75, 3.05) is 33.3 Å². The summed E-state index contributed by atoms with van der Waals surface area (Å²) in [7, 11) is 3.61. The SMILES string of the molecule is CCC(NC(=O)N1CCN(Cc2ccccc2OC)CC1)c1ccnn1C. The fourth-order valence-corrected chi connectivity index (χ4v) is 3.53. The van der Waals surface area contributed by atoms with Crippen molar-refractivity contribution in [2.24, 2.45) is 7.05 Å². The first-order valence-corrected chi connectivity index (χ1v) is 9.50. The average molecular weight is 371 g/mol. The van der Waals surface area contributed by atoms with Crippen LogP contribution in [0.1, 0.15) is 30.6 Å². The second kappa shape index (κ2) is 8.90. The Labute approximate surface area is 160 Å². The fraction of sp³-hybridized carbons (Fsp3) is 0.500. The van der Waals surface area contributed by atoms with Crippen molar-refractivity contribution in [3.05, 3.63) is 47.8 Å². The van der Waals surface area contributed by atoms with Gasteiger partial charge in [-0.25, -0.2) is 4.79 Å². The van der Waals surface area contributed by atoms with Crippen LogP contribution in [0.5, 0.6) is 5.75 Å². The van der Waals surface area contributed by atoms with Gasteiger partial charge in [-0.15, -0.1) is 0 Å². The normalized spacial score (nSPS) is 16.2. The van der Waals surface area contributed by atoms with E-state index in [0.717, 1.165) is 50.6 Å². The van der Waals surface area contributed by atoms with Gasteiger partial charge in [0.15, 0.2) is 0 Å². The number of nitrogens with one attached hydrogen (secondary N) is 1. The van der Waals surface area contributed by atoms with Crippen LogP contribution in [0, 0.1) is 0 Å². The summed E-state index contributed by atoms with van der Waals surface area (Å²) in [6.07, 6.45) is 2.60. The number of hydrogen-bond acceptors (Lipinski definition) is 4. The Morgan fingerprint density at radius 2 is 1.96 bits per heavy atom. The summed E-state index contributed by atoms with van der Waals surface area (Å²) in [4.78, 5) is 16.9. The minimum atomic E-state index is -0.0170. The predicted molar refractivity (Wildman–Crippen MR) is 105 cm³/mol. The van der Waals surface area contributed by atoms with E-state index in [9.17, 15) is 4.79 Å². The van der Waals surface area contributed by atoms with Gasteiger partial charge >= 0.3 is 6.03 Å². The third kappa shape index (κ3) is 4.60. The molecule has 1 aromatic heterocycles. The van der Waals surface area contributed by atoms with Crippen molar-refractivity contribution >= 4 is 6.03 Å². The number of methoxy groups -OCH3 is 1. The van der Waals surface area contributed by atoms with Crippen molar-refractivity contribution < 1.29 is 9.53 Å². The summed E-state index contributed by atoms with van der Waals surface area (Å²) in [5, 5.41) is 7.35. The van der Waals surface area contributed by atoms with Crippen molar-refractivity contribution in [1.29, 1.82) is 0 Å². The first kappa shape index (κ1) is 19.2. The number of aromatic nitrogens is 2. The van der Waals surface area contributed by atoms with E-state index in [1.54, 1.807) is 13.3 Å². The molecule has 0 saturated carbocycles. The number of aryl methyl sites for hydroxylation is 1. The highest BCUT2D eigenvalue weighted by atomic mass is 16.5. The van der Waals surface area contributed by atoms with Crippen LogP contribution in [0.15, 0.2) is 36.5 Å².